The third-order valence-electron chi connectivity index (χ3n) is 2.31. The van der Waals surface area contributed by atoms with Gasteiger partial charge in [-0.05, 0) is 40.5 Å². The van der Waals surface area contributed by atoms with Gasteiger partial charge >= 0.3 is 11.9 Å². The lowest BCUT2D eigenvalue weighted by molar-refractivity contribution is -0.147. The van der Waals surface area contributed by atoms with Gasteiger partial charge in [0.05, 0.1) is 12.2 Å². The van der Waals surface area contributed by atoms with Gasteiger partial charge in [0.1, 0.15) is 0 Å². The molecule has 0 spiro atoms. The maximum atomic E-state index is 11.6. The fourth-order valence-electron chi connectivity index (χ4n) is 1.25. The van der Waals surface area contributed by atoms with Gasteiger partial charge < -0.3 is 15.2 Å². The standard InChI is InChI=1S/C13H16BrNO4/c1-2-3-6-18-12(16)8-19-13(17)9-4-5-10(14)11(15)7-9/h4-5,7H,2-3,6,8,15H2,1H3. The molecule has 0 aliphatic heterocycles. The van der Waals surface area contributed by atoms with E-state index in [1.54, 1.807) is 12.1 Å². The average Bonchev–Trinajstić information content (AvgIpc) is 2.39. The first-order valence-corrected chi connectivity index (χ1v) is 6.71. The predicted octanol–water partition coefficient (Wildman–Crippen LogP) is 2.53. The molecule has 0 aliphatic carbocycles. The van der Waals surface area contributed by atoms with Crippen molar-refractivity contribution < 1.29 is 19.1 Å². The summed E-state index contributed by atoms with van der Waals surface area (Å²) in [7, 11) is 0. The number of halogens is 1. The Hall–Kier alpha value is -1.56. The number of nitrogens with two attached hydrogens (primary N) is 1. The molecule has 1 aromatic carbocycles. The fourth-order valence-corrected chi connectivity index (χ4v) is 1.50. The maximum Gasteiger partial charge on any atom is 0.344 e. The molecule has 0 amide bonds. The van der Waals surface area contributed by atoms with E-state index < -0.39 is 18.5 Å². The molecule has 2 N–H and O–H groups in total. The molecule has 1 aromatic rings. The zero-order chi connectivity index (χ0) is 14.3. The maximum absolute atomic E-state index is 11.6. The SMILES string of the molecule is CCCCOC(=O)COC(=O)c1ccc(Br)c(N)c1. The summed E-state index contributed by atoms with van der Waals surface area (Å²) in [5.41, 5.74) is 6.37. The van der Waals surface area contributed by atoms with Crippen LogP contribution >= 0.6 is 15.9 Å². The van der Waals surface area contributed by atoms with Gasteiger partial charge in [0, 0.05) is 10.2 Å². The smallest absolute Gasteiger partial charge is 0.344 e. The van der Waals surface area contributed by atoms with E-state index in [0.717, 1.165) is 12.8 Å². The van der Waals surface area contributed by atoms with E-state index in [4.69, 9.17) is 15.2 Å². The zero-order valence-electron chi connectivity index (χ0n) is 10.6. The van der Waals surface area contributed by atoms with Crippen LogP contribution in [0, 0.1) is 0 Å². The Balaban J connectivity index is 2.42. The molecule has 6 heteroatoms. The molecule has 0 unspecified atom stereocenters. The van der Waals surface area contributed by atoms with Crippen molar-refractivity contribution in [1.29, 1.82) is 0 Å². The van der Waals surface area contributed by atoms with Crippen LogP contribution in [-0.2, 0) is 14.3 Å². The number of carbonyl (C=O) groups is 2. The quantitative estimate of drug-likeness (QED) is 0.493. The second kappa shape index (κ2) is 7.78. The lowest BCUT2D eigenvalue weighted by Gasteiger charge is -2.06. The Morgan fingerprint density at radius 1 is 1.32 bits per heavy atom. The first kappa shape index (κ1) is 15.5. The summed E-state index contributed by atoms with van der Waals surface area (Å²) >= 11 is 3.22. The second-order valence-electron chi connectivity index (χ2n) is 3.89. The Kier molecular flexibility index (Phi) is 6.35. The van der Waals surface area contributed by atoms with Crippen LogP contribution in [0.3, 0.4) is 0 Å². The van der Waals surface area contributed by atoms with Crippen molar-refractivity contribution in [2.45, 2.75) is 19.8 Å². The molecule has 0 saturated carbocycles. The fraction of sp³-hybridized carbons (Fsp3) is 0.385. The summed E-state index contributed by atoms with van der Waals surface area (Å²) in [6, 6.07) is 4.69. The number of rotatable bonds is 6. The summed E-state index contributed by atoms with van der Waals surface area (Å²) in [5, 5.41) is 0. The molecule has 1 rings (SSSR count). The van der Waals surface area contributed by atoms with Gasteiger partial charge in [-0.15, -0.1) is 0 Å². The summed E-state index contributed by atoms with van der Waals surface area (Å²) in [6.07, 6.45) is 1.73. The van der Waals surface area contributed by atoms with Crippen molar-refractivity contribution in [1.82, 2.24) is 0 Å². The minimum absolute atomic E-state index is 0.294. The van der Waals surface area contributed by atoms with Crippen molar-refractivity contribution in [3.05, 3.63) is 28.2 Å². The second-order valence-corrected chi connectivity index (χ2v) is 4.74. The molecule has 104 valence electrons. The van der Waals surface area contributed by atoms with Gasteiger partial charge in [0.25, 0.3) is 0 Å². The molecule has 5 nitrogen and oxygen atoms in total. The van der Waals surface area contributed by atoms with Crippen molar-refractivity contribution in [3.63, 3.8) is 0 Å². The van der Waals surface area contributed by atoms with E-state index in [0.29, 0.717) is 22.3 Å². The number of hydrogen-bond acceptors (Lipinski definition) is 5. The van der Waals surface area contributed by atoms with E-state index in [1.165, 1.54) is 6.07 Å². The first-order valence-electron chi connectivity index (χ1n) is 5.92. The van der Waals surface area contributed by atoms with Crippen LogP contribution in [-0.4, -0.2) is 25.2 Å². The molecule has 0 aromatic heterocycles. The highest BCUT2D eigenvalue weighted by Gasteiger charge is 2.11. The minimum Gasteiger partial charge on any atom is -0.463 e. The van der Waals surface area contributed by atoms with Crippen LogP contribution in [0.1, 0.15) is 30.1 Å². The van der Waals surface area contributed by atoms with Crippen LogP contribution in [0.4, 0.5) is 5.69 Å². The molecular formula is C13H16BrNO4. The summed E-state index contributed by atoms with van der Waals surface area (Å²) in [4.78, 5) is 22.9. The minimum atomic E-state index is -0.605. The molecule has 0 heterocycles. The molecular weight excluding hydrogens is 314 g/mol. The summed E-state index contributed by atoms with van der Waals surface area (Å²) in [6.45, 7) is 1.95. The number of benzene rings is 1. The number of carbonyl (C=O) groups excluding carboxylic acids is 2. The lowest BCUT2D eigenvalue weighted by atomic mass is 10.2. The highest BCUT2D eigenvalue weighted by molar-refractivity contribution is 9.10. The lowest BCUT2D eigenvalue weighted by Crippen LogP contribution is -2.17. The van der Waals surface area contributed by atoms with Gasteiger partial charge in [-0.1, -0.05) is 13.3 Å². The number of esters is 2. The number of hydrogen-bond donors (Lipinski definition) is 1. The molecule has 0 atom stereocenters. The van der Waals surface area contributed by atoms with Crippen molar-refractivity contribution in [3.8, 4) is 0 Å². The average molecular weight is 330 g/mol. The van der Waals surface area contributed by atoms with Crippen molar-refractivity contribution in [2.75, 3.05) is 18.9 Å². The number of anilines is 1. The molecule has 19 heavy (non-hydrogen) atoms. The van der Waals surface area contributed by atoms with Crippen LogP contribution in [0.5, 0.6) is 0 Å². The zero-order valence-corrected chi connectivity index (χ0v) is 12.2. The largest absolute Gasteiger partial charge is 0.463 e. The van der Waals surface area contributed by atoms with Gasteiger partial charge in [0.15, 0.2) is 6.61 Å². The van der Waals surface area contributed by atoms with E-state index in [9.17, 15) is 9.59 Å². The normalized spacial score (nSPS) is 10.0. The summed E-state index contributed by atoms with van der Waals surface area (Å²) < 4.78 is 10.4. The van der Waals surface area contributed by atoms with Crippen LogP contribution in [0.15, 0.2) is 22.7 Å². The number of ether oxygens (including phenoxy) is 2. The van der Waals surface area contributed by atoms with E-state index >= 15 is 0 Å². The van der Waals surface area contributed by atoms with Crippen molar-refractivity contribution in [2.24, 2.45) is 0 Å². The summed E-state index contributed by atoms with van der Waals surface area (Å²) in [5.74, 6) is -1.15. The third kappa shape index (κ3) is 5.30. The number of unbranched alkanes of at least 4 members (excludes halogenated alkanes) is 1. The predicted molar refractivity (Wildman–Crippen MR) is 74.7 cm³/mol. The van der Waals surface area contributed by atoms with Crippen LogP contribution in [0.2, 0.25) is 0 Å². The number of nitrogen functional groups attached to an aromatic ring is 1. The molecule has 0 saturated heterocycles. The highest BCUT2D eigenvalue weighted by atomic mass is 79.9. The molecule has 0 aliphatic rings. The highest BCUT2D eigenvalue weighted by Crippen LogP contribution is 2.20. The van der Waals surface area contributed by atoms with Crippen LogP contribution < -0.4 is 5.73 Å². The topological polar surface area (TPSA) is 78.6 Å². The third-order valence-corrected chi connectivity index (χ3v) is 3.04. The monoisotopic (exact) mass is 329 g/mol. The Bertz CT molecular complexity index is 462. The van der Waals surface area contributed by atoms with Crippen LogP contribution in [0.25, 0.3) is 0 Å². The van der Waals surface area contributed by atoms with Gasteiger partial charge in [-0.2, -0.15) is 0 Å². The first-order chi connectivity index (χ1) is 9.04. The van der Waals surface area contributed by atoms with Gasteiger partial charge in [0.2, 0.25) is 0 Å². The Labute approximate surface area is 120 Å². The Morgan fingerprint density at radius 2 is 2.05 bits per heavy atom. The van der Waals surface area contributed by atoms with E-state index in [2.05, 4.69) is 15.9 Å². The van der Waals surface area contributed by atoms with Crippen molar-refractivity contribution >= 4 is 33.6 Å². The molecule has 0 radical (unpaired) electrons. The Morgan fingerprint density at radius 3 is 2.68 bits per heavy atom. The molecule has 0 bridgehead atoms. The van der Waals surface area contributed by atoms with Gasteiger partial charge in [-0.3, -0.25) is 0 Å². The van der Waals surface area contributed by atoms with E-state index in [1.807, 2.05) is 6.92 Å². The van der Waals surface area contributed by atoms with Gasteiger partial charge in [-0.25, -0.2) is 9.59 Å². The van der Waals surface area contributed by atoms with E-state index in [-0.39, 0.29) is 0 Å². The molecule has 0 fully saturated rings.